The molecule has 0 radical (unpaired) electrons. The van der Waals surface area contributed by atoms with Crippen LogP contribution in [0.1, 0.15) is 25.3 Å². The SMILES string of the molecule is CCOC(=O)NCCNC(=O)C1CCN(C2=NS(=O)(=O)c3ccccc32)CC1. The second-order valence-corrected chi connectivity index (χ2v) is 8.16. The van der Waals surface area contributed by atoms with Crippen molar-refractivity contribution in [1.29, 1.82) is 0 Å². The maximum absolute atomic E-state index is 12.3. The van der Waals surface area contributed by atoms with Crippen LogP contribution in [0, 0.1) is 5.92 Å². The van der Waals surface area contributed by atoms with Crippen LogP contribution in [0.15, 0.2) is 33.6 Å². The van der Waals surface area contributed by atoms with Crippen molar-refractivity contribution in [3.05, 3.63) is 29.8 Å². The molecule has 2 aliphatic rings. The Bertz CT molecular complexity index is 876. The molecule has 0 aliphatic carbocycles. The Morgan fingerprint density at radius 2 is 1.86 bits per heavy atom. The van der Waals surface area contributed by atoms with E-state index in [0.717, 1.165) is 0 Å². The van der Waals surface area contributed by atoms with Gasteiger partial charge in [0.1, 0.15) is 4.90 Å². The van der Waals surface area contributed by atoms with Crippen LogP contribution in [0.3, 0.4) is 0 Å². The number of carbonyl (C=O) groups is 2. The van der Waals surface area contributed by atoms with E-state index in [9.17, 15) is 18.0 Å². The molecule has 0 unspecified atom stereocenters. The highest BCUT2D eigenvalue weighted by molar-refractivity contribution is 7.90. The summed E-state index contributed by atoms with van der Waals surface area (Å²) in [6, 6.07) is 6.79. The number of likely N-dealkylation sites (tertiary alicyclic amines) is 1. The van der Waals surface area contributed by atoms with Gasteiger partial charge in [0, 0.05) is 37.7 Å². The highest BCUT2D eigenvalue weighted by atomic mass is 32.2. The van der Waals surface area contributed by atoms with Gasteiger partial charge in [-0.3, -0.25) is 4.79 Å². The number of alkyl carbamates (subject to hydrolysis) is 1. The molecular weight excluding hydrogens is 384 g/mol. The third-order valence-corrected chi connectivity index (χ3v) is 6.07. The molecule has 0 bridgehead atoms. The van der Waals surface area contributed by atoms with Crippen molar-refractivity contribution >= 4 is 27.9 Å². The second kappa shape index (κ2) is 8.59. The third-order valence-electron chi connectivity index (χ3n) is 4.75. The number of hydrogen-bond acceptors (Lipinski definition) is 6. The highest BCUT2D eigenvalue weighted by Crippen LogP contribution is 2.29. The van der Waals surface area contributed by atoms with Crippen molar-refractivity contribution in [3.63, 3.8) is 0 Å². The van der Waals surface area contributed by atoms with Crippen molar-refractivity contribution in [3.8, 4) is 0 Å². The number of nitrogens with one attached hydrogen (secondary N) is 2. The first kappa shape index (κ1) is 20.1. The minimum atomic E-state index is -3.64. The van der Waals surface area contributed by atoms with Crippen LogP contribution >= 0.6 is 0 Å². The summed E-state index contributed by atoms with van der Waals surface area (Å²) in [6.07, 6.45) is 0.717. The van der Waals surface area contributed by atoms with Gasteiger partial charge in [-0.15, -0.1) is 4.40 Å². The van der Waals surface area contributed by atoms with Crippen molar-refractivity contribution < 1.29 is 22.7 Å². The van der Waals surface area contributed by atoms with Gasteiger partial charge in [-0.1, -0.05) is 12.1 Å². The number of nitrogens with zero attached hydrogens (tertiary/aromatic N) is 2. The average molecular weight is 408 g/mol. The molecule has 1 aromatic carbocycles. The van der Waals surface area contributed by atoms with Gasteiger partial charge in [0.2, 0.25) is 5.91 Å². The van der Waals surface area contributed by atoms with E-state index in [-0.39, 0.29) is 16.7 Å². The number of benzene rings is 1. The lowest BCUT2D eigenvalue weighted by Crippen LogP contribution is -2.44. The summed E-state index contributed by atoms with van der Waals surface area (Å²) in [5.41, 5.74) is 0.621. The Labute approximate surface area is 164 Å². The number of fused-ring (bicyclic) bond motifs is 1. The molecule has 2 amide bonds. The van der Waals surface area contributed by atoms with Crippen LogP contribution in [-0.2, 0) is 19.6 Å². The van der Waals surface area contributed by atoms with Crippen molar-refractivity contribution in [2.75, 3.05) is 32.8 Å². The number of amidine groups is 1. The van der Waals surface area contributed by atoms with E-state index in [4.69, 9.17) is 4.74 Å². The predicted molar refractivity (Wildman–Crippen MR) is 102 cm³/mol. The number of amides is 2. The molecule has 9 nitrogen and oxygen atoms in total. The minimum absolute atomic E-state index is 0.0632. The molecule has 2 heterocycles. The standard InChI is InChI=1S/C18H24N4O5S/c1-2-27-18(24)20-10-9-19-17(23)13-7-11-22(12-8-13)16-14-5-3-4-6-15(14)28(25,26)21-16/h3-6,13H,2,7-12H2,1H3,(H,19,23)(H,20,24). The number of ether oxygens (including phenoxy) is 1. The Morgan fingerprint density at radius 3 is 2.57 bits per heavy atom. The molecule has 28 heavy (non-hydrogen) atoms. The Balaban J connectivity index is 1.49. The van der Waals surface area contributed by atoms with Gasteiger partial charge in [-0.05, 0) is 31.9 Å². The summed E-state index contributed by atoms with van der Waals surface area (Å²) in [6.45, 7) is 3.77. The smallest absolute Gasteiger partial charge is 0.407 e. The molecule has 2 N–H and O–H groups in total. The van der Waals surface area contributed by atoms with Crippen LogP contribution in [0.25, 0.3) is 0 Å². The molecule has 1 saturated heterocycles. The Hall–Kier alpha value is -2.62. The molecule has 2 aliphatic heterocycles. The summed E-state index contributed by atoms with van der Waals surface area (Å²) in [5, 5.41) is 5.36. The predicted octanol–water partition coefficient (Wildman–Crippen LogP) is 0.710. The zero-order chi connectivity index (χ0) is 20.1. The Morgan fingerprint density at radius 1 is 1.18 bits per heavy atom. The first-order chi connectivity index (χ1) is 13.4. The van der Waals surface area contributed by atoms with Crippen molar-refractivity contribution in [2.24, 2.45) is 10.3 Å². The fraction of sp³-hybridized carbons (Fsp3) is 0.500. The molecule has 0 saturated carbocycles. The maximum atomic E-state index is 12.3. The summed E-state index contributed by atoms with van der Waals surface area (Å²) >= 11 is 0. The van der Waals surface area contributed by atoms with E-state index in [1.807, 2.05) is 4.90 Å². The summed E-state index contributed by atoms with van der Waals surface area (Å²) in [7, 11) is -3.64. The lowest BCUT2D eigenvalue weighted by Gasteiger charge is -2.32. The van der Waals surface area contributed by atoms with Gasteiger partial charge in [0.25, 0.3) is 10.0 Å². The number of piperidine rings is 1. The molecule has 1 fully saturated rings. The van der Waals surface area contributed by atoms with E-state index in [1.54, 1.807) is 31.2 Å². The van der Waals surface area contributed by atoms with E-state index < -0.39 is 16.1 Å². The van der Waals surface area contributed by atoms with Crippen LogP contribution in [0.4, 0.5) is 4.79 Å². The van der Waals surface area contributed by atoms with Gasteiger partial charge >= 0.3 is 6.09 Å². The van der Waals surface area contributed by atoms with E-state index in [0.29, 0.717) is 57.0 Å². The number of rotatable bonds is 5. The van der Waals surface area contributed by atoms with Crippen LogP contribution in [0.2, 0.25) is 0 Å². The van der Waals surface area contributed by atoms with E-state index in [1.165, 1.54) is 0 Å². The van der Waals surface area contributed by atoms with Crippen molar-refractivity contribution in [2.45, 2.75) is 24.7 Å². The van der Waals surface area contributed by atoms with E-state index in [2.05, 4.69) is 15.0 Å². The monoisotopic (exact) mass is 408 g/mol. The largest absolute Gasteiger partial charge is 0.450 e. The minimum Gasteiger partial charge on any atom is -0.450 e. The van der Waals surface area contributed by atoms with Crippen molar-refractivity contribution in [1.82, 2.24) is 15.5 Å². The summed E-state index contributed by atoms with van der Waals surface area (Å²) in [5.74, 6) is 0.257. The van der Waals surface area contributed by atoms with Gasteiger partial charge in [0.05, 0.1) is 6.61 Å². The van der Waals surface area contributed by atoms with Crippen LogP contribution < -0.4 is 10.6 Å². The van der Waals surface area contributed by atoms with Gasteiger partial charge in [-0.25, -0.2) is 4.79 Å². The zero-order valence-electron chi connectivity index (χ0n) is 15.7. The second-order valence-electron chi connectivity index (χ2n) is 6.59. The highest BCUT2D eigenvalue weighted by Gasteiger charge is 2.34. The van der Waals surface area contributed by atoms with Crippen LogP contribution in [0.5, 0.6) is 0 Å². The molecule has 10 heteroatoms. The lowest BCUT2D eigenvalue weighted by molar-refractivity contribution is -0.126. The molecule has 0 aromatic heterocycles. The first-order valence-electron chi connectivity index (χ1n) is 9.30. The molecule has 0 spiro atoms. The number of carbonyl (C=O) groups excluding carboxylic acids is 2. The molecule has 3 rings (SSSR count). The van der Waals surface area contributed by atoms with Gasteiger partial charge in [-0.2, -0.15) is 8.42 Å². The zero-order valence-corrected chi connectivity index (χ0v) is 16.5. The molecule has 152 valence electrons. The third kappa shape index (κ3) is 4.44. The summed E-state index contributed by atoms with van der Waals surface area (Å²) in [4.78, 5) is 25.6. The quantitative estimate of drug-likeness (QED) is 0.693. The Kier molecular flexibility index (Phi) is 6.18. The topological polar surface area (TPSA) is 117 Å². The molecule has 1 aromatic rings. The van der Waals surface area contributed by atoms with Gasteiger partial charge < -0.3 is 20.3 Å². The van der Waals surface area contributed by atoms with Gasteiger partial charge in [0.15, 0.2) is 5.84 Å². The fourth-order valence-electron chi connectivity index (χ4n) is 3.35. The average Bonchev–Trinajstić information content (AvgIpc) is 2.97. The van der Waals surface area contributed by atoms with Crippen LogP contribution in [-0.4, -0.2) is 63.9 Å². The molecular formula is C18H24N4O5S. The fourth-order valence-corrected chi connectivity index (χ4v) is 4.57. The first-order valence-corrected chi connectivity index (χ1v) is 10.7. The maximum Gasteiger partial charge on any atom is 0.407 e. The number of hydrogen-bond donors (Lipinski definition) is 2. The summed E-state index contributed by atoms with van der Waals surface area (Å²) < 4.78 is 33.1. The molecule has 0 atom stereocenters. The van der Waals surface area contributed by atoms with E-state index >= 15 is 0 Å². The number of sulfonamides is 1. The normalized spacial score (nSPS) is 18.2. The lowest BCUT2D eigenvalue weighted by atomic mass is 9.95.